The van der Waals surface area contributed by atoms with E-state index in [1.165, 1.54) is 25.1 Å². The Morgan fingerprint density at radius 1 is 1.24 bits per heavy atom. The van der Waals surface area contributed by atoms with Gasteiger partial charge in [-0.25, -0.2) is 8.42 Å². The van der Waals surface area contributed by atoms with E-state index in [4.69, 9.17) is 15.8 Å². The zero-order valence-corrected chi connectivity index (χ0v) is 13.3. The molecule has 0 aliphatic heterocycles. The number of nitriles is 3. The molecule has 0 heterocycles. The summed E-state index contributed by atoms with van der Waals surface area (Å²) in [5.41, 5.74) is -0.344. The van der Waals surface area contributed by atoms with E-state index < -0.39 is 9.84 Å². The van der Waals surface area contributed by atoms with Gasteiger partial charge in [0.1, 0.15) is 23.9 Å². The van der Waals surface area contributed by atoms with Crippen molar-refractivity contribution in [1.82, 2.24) is 0 Å². The standard InChI is InChI=1S/C13H9BrN4O2S/c1-2-21(19,20)10-3-4-11(14)12(5-10)18-13(8-17)9(6-15)7-16/h3-5,18H,2H2,1H3. The third kappa shape index (κ3) is 3.82. The maximum Gasteiger partial charge on any atom is 0.178 e. The fourth-order valence-corrected chi connectivity index (χ4v) is 2.63. The number of benzene rings is 1. The van der Waals surface area contributed by atoms with E-state index in [0.717, 1.165) is 0 Å². The zero-order valence-electron chi connectivity index (χ0n) is 10.9. The molecule has 8 heteroatoms. The van der Waals surface area contributed by atoms with Crippen LogP contribution in [0, 0.1) is 34.0 Å². The molecule has 106 valence electrons. The fraction of sp³-hybridized carbons (Fsp3) is 0.154. The minimum atomic E-state index is -3.40. The average Bonchev–Trinajstić information content (AvgIpc) is 2.48. The van der Waals surface area contributed by atoms with Crippen LogP contribution in [0.25, 0.3) is 0 Å². The van der Waals surface area contributed by atoms with Gasteiger partial charge in [0.2, 0.25) is 0 Å². The molecule has 1 aromatic carbocycles. The second kappa shape index (κ2) is 6.90. The molecule has 0 saturated carbocycles. The molecule has 1 rings (SSSR count). The van der Waals surface area contributed by atoms with Crippen molar-refractivity contribution in [3.8, 4) is 18.2 Å². The first kappa shape index (κ1) is 16.7. The Kier molecular flexibility index (Phi) is 5.49. The van der Waals surface area contributed by atoms with Crippen LogP contribution in [0.5, 0.6) is 0 Å². The Bertz CT molecular complexity index is 807. The van der Waals surface area contributed by atoms with Gasteiger partial charge >= 0.3 is 0 Å². The summed E-state index contributed by atoms with van der Waals surface area (Å²) in [5.74, 6) is -0.0589. The highest BCUT2D eigenvalue weighted by molar-refractivity contribution is 9.10. The Hall–Kier alpha value is -2.34. The molecular formula is C13H9BrN4O2S. The Morgan fingerprint density at radius 2 is 1.86 bits per heavy atom. The van der Waals surface area contributed by atoms with Crippen LogP contribution >= 0.6 is 15.9 Å². The molecule has 0 unspecified atom stereocenters. The predicted molar refractivity (Wildman–Crippen MR) is 79.4 cm³/mol. The molecule has 0 aromatic heterocycles. The number of anilines is 1. The summed E-state index contributed by atoms with van der Waals surface area (Å²) in [7, 11) is -3.40. The molecule has 0 radical (unpaired) electrons. The number of rotatable bonds is 4. The largest absolute Gasteiger partial charge is 0.344 e. The third-order valence-corrected chi connectivity index (χ3v) is 4.95. The van der Waals surface area contributed by atoms with E-state index in [0.29, 0.717) is 4.47 Å². The summed E-state index contributed by atoms with van der Waals surface area (Å²) in [6.07, 6.45) is 0. The van der Waals surface area contributed by atoms with Crippen LogP contribution in [0.2, 0.25) is 0 Å². The molecule has 21 heavy (non-hydrogen) atoms. The molecule has 0 fully saturated rings. The average molecular weight is 365 g/mol. The van der Waals surface area contributed by atoms with Gasteiger partial charge in [-0.1, -0.05) is 6.92 Å². The summed E-state index contributed by atoms with van der Waals surface area (Å²) in [4.78, 5) is 0.0865. The molecule has 6 nitrogen and oxygen atoms in total. The first-order valence-corrected chi connectivity index (χ1v) is 8.08. The van der Waals surface area contributed by atoms with Crippen LogP contribution in [0.3, 0.4) is 0 Å². The second-order valence-electron chi connectivity index (χ2n) is 3.76. The lowest BCUT2D eigenvalue weighted by Gasteiger charge is -2.09. The van der Waals surface area contributed by atoms with Crippen molar-refractivity contribution in [2.24, 2.45) is 0 Å². The summed E-state index contributed by atoms with van der Waals surface area (Å²) >= 11 is 3.21. The molecule has 1 N–H and O–H groups in total. The molecular weight excluding hydrogens is 356 g/mol. The number of hydrogen-bond donors (Lipinski definition) is 1. The van der Waals surface area contributed by atoms with Crippen molar-refractivity contribution in [2.45, 2.75) is 11.8 Å². The molecule has 0 bridgehead atoms. The number of nitrogens with zero attached hydrogens (tertiary/aromatic N) is 3. The van der Waals surface area contributed by atoms with Gasteiger partial charge in [-0.3, -0.25) is 0 Å². The maximum absolute atomic E-state index is 11.8. The van der Waals surface area contributed by atoms with Crippen LogP contribution in [0.4, 0.5) is 5.69 Å². The van der Waals surface area contributed by atoms with Gasteiger partial charge in [0.25, 0.3) is 0 Å². The Balaban J connectivity index is 3.38. The van der Waals surface area contributed by atoms with Gasteiger partial charge in [0.15, 0.2) is 15.4 Å². The number of hydrogen-bond acceptors (Lipinski definition) is 6. The highest BCUT2D eigenvalue weighted by atomic mass is 79.9. The highest BCUT2D eigenvalue weighted by Crippen LogP contribution is 2.27. The third-order valence-electron chi connectivity index (χ3n) is 2.52. The maximum atomic E-state index is 11.8. The zero-order chi connectivity index (χ0) is 16.0. The molecule has 0 amide bonds. The van der Waals surface area contributed by atoms with Crippen LogP contribution in [-0.2, 0) is 9.84 Å². The quantitative estimate of drug-likeness (QED) is 0.819. The number of sulfone groups is 1. The van der Waals surface area contributed by atoms with Crippen molar-refractivity contribution in [1.29, 1.82) is 15.8 Å². The lowest BCUT2D eigenvalue weighted by Crippen LogP contribution is -2.06. The molecule has 0 saturated heterocycles. The second-order valence-corrected chi connectivity index (χ2v) is 6.89. The van der Waals surface area contributed by atoms with E-state index in [9.17, 15) is 8.42 Å². The van der Waals surface area contributed by atoms with E-state index in [1.807, 2.05) is 0 Å². The van der Waals surface area contributed by atoms with Crippen LogP contribution < -0.4 is 5.32 Å². The molecule has 0 atom stereocenters. The molecule has 0 aliphatic rings. The van der Waals surface area contributed by atoms with Crippen LogP contribution in [0.1, 0.15) is 6.92 Å². The minimum Gasteiger partial charge on any atom is -0.344 e. The Labute approximate surface area is 131 Å². The summed E-state index contributed by atoms with van der Waals surface area (Å²) < 4.78 is 24.2. The fourth-order valence-electron chi connectivity index (χ4n) is 1.38. The molecule has 0 aliphatic carbocycles. The van der Waals surface area contributed by atoms with E-state index in [1.54, 1.807) is 18.2 Å². The normalized spacial score (nSPS) is 9.86. The van der Waals surface area contributed by atoms with Crippen molar-refractivity contribution in [2.75, 3.05) is 11.1 Å². The van der Waals surface area contributed by atoms with E-state index >= 15 is 0 Å². The van der Waals surface area contributed by atoms with Crippen LogP contribution in [-0.4, -0.2) is 14.2 Å². The SMILES string of the molecule is CCS(=O)(=O)c1ccc(Br)c(NC(C#N)=C(C#N)C#N)c1. The summed E-state index contributed by atoms with van der Waals surface area (Å²) in [6.45, 7) is 1.52. The predicted octanol–water partition coefficient (Wildman–Crippen LogP) is 2.48. The lowest BCUT2D eigenvalue weighted by atomic mass is 10.2. The van der Waals surface area contributed by atoms with Gasteiger partial charge in [0, 0.05) is 4.47 Å². The molecule has 1 aromatic rings. The van der Waals surface area contributed by atoms with Gasteiger partial charge in [-0.05, 0) is 34.1 Å². The van der Waals surface area contributed by atoms with Gasteiger partial charge in [-0.15, -0.1) is 0 Å². The number of halogens is 1. The van der Waals surface area contributed by atoms with Gasteiger partial charge in [-0.2, -0.15) is 15.8 Å². The summed E-state index contributed by atoms with van der Waals surface area (Å²) in [6, 6.07) is 9.18. The smallest absolute Gasteiger partial charge is 0.178 e. The van der Waals surface area contributed by atoms with Crippen molar-refractivity contribution >= 4 is 31.5 Å². The highest BCUT2D eigenvalue weighted by Gasteiger charge is 2.15. The van der Waals surface area contributed by atoms with Gasteiger partial charge < -0.3 is 5.32 Å². The topological polar surface area (TPSA) is 118 Å². The van der Waals surface area contributed by atoms with Gasteiger partial charge in [0.05, 0.1) is 16.3 Å². The number of nitrogens with one attached hydrogen (secondary N) is 1. The lowest BCUT2D eigenvalue weighted by molar-refractivity contribution is 0.597. The monoisotopic (exact) mass is 364 g/mol. The first-order chi connectivity index (χ1) is 9.89. The van der Waals surface area contributed by atoms with Crippen molar-refractivity contribution < 1.29 is 8.42 Å². The minimum absolute atomic E-state index is 0.0589. The first-order valence-electron chi connectivity index (χ1n) is 5.63. The Morgan fingerprint density at radius 3 is 2.33 bits per heavy atom. The van der Waals surface area contributed by atoms with Crippen molar-refractivity contribution in [3.63, 3.8) is 0 Å². The molecule has 0 spiro atoms. The van der Waals surface area contributed by atoms with E-state index in [-0.39, 0.29) is 27.6 Å². The van der Waals surface area contributed by atoms with Crippen molar-refractivity contribution in [3.05, 3.63) is 33.9 Å². The number of allylic oxidation sites excluding steroid dienone is 2. The van der Waals surface area contributed by atoms with Crippen LogP contribution in [0.15, 0.2) is 38.8 Å². The summed E-state index contributed by atoms with van der Waals surface area (Å²) in [5, 5.41) is 29.1. The van der Waals surface area contributed by atoms with E-state index in [2.05, 4.69) is 21.2 Å².